The number of carbonyl (C=O) groups excluding carboxylic acids is 2. The van der Waals surface area contributed by atoms with Gasteiger partial charge >= 0.3 is 0 Å². The highest BCUT2D eigenvalue weighted by Gasteiger charge is 2.44. The van der Waals surface area contributed by atoms with E-state index in [0.29, 0.717) is 31.6 Å². The number of rotatable bonds is 6. The van der Waals surface area contributed by atoms with E-state index in [4.69, 9.17) is 0 Å². The third-order valence-electron chi connectivity index (χ3n) is 6.26. The van der Waals surface area contributed by atoms with Crippen molar-refractivity contribution in [2.45, 2.75) is 33.1 Å². The molecule has 2 N–H and O–H groups in total. The van der Waals surface area contributed by atoms with Gasteiger partial charge in [0.25, 0.3) is 5.91 Å². The molecular weight excluding hydrogens is 402 g/mol. The van der Waals surface area contributed by atoms with Gasteiger partial charge in [-0.1, -0.05) is 30.3 Å². The molecule has 3 heterocycles. The van der Waals surface area contributed by atoms with Crippen LogP contribution in [0.5, 0.6) is 0 Å². The van der Waals surface area contributed by atoms with Crippen LogP contribution in [0.15, 0.2) is 55.0 Å². The number of benzene rings is 1. The minimum atomic E-state index is -0.695. The number of H-pyrrole nitrogens is 1. The molecule has 1 aromatic carbocycles. The number of aromatic nitrogens is 3. The van der Waals surface area contributed by atoms with Crippen molar-refractivity contribution in [1.82, 2.24) is 25.4 Å². The number of nitrogens with zero attached hydrogens (tertiary/aromatic N) is 3. The number of piperidine rings is 1. The van der Waals surface area contributed by atoms with Crippen molar-refractivity contribution >= 4 is 11.8 Å². The number of hydrogen-bond acceptors (Lipinski definition) is 4. The van der Waals surface area contributed by atoms with Crippen molar-refractivity contribution < 1.29 is 9.59 Å². The van der Waals surface area contributed by atoms with Gasteiger partial charge in [-0.05, 0) is 50.3 Å². The molecule has 0 saturated carbocycles. The summed E-state index contributed by atoms with van der Waals surface area (Å²) in [6.45, 7) is 5.33. The monoisotopic (exact) mass is 431 g/mol. The fraction of sp³-hybridized carbons (Fsp3) is 0.360. The highest BCUT2D eigenvalue weighted by Crippen LogP contribution is 2.37. The molecule has 0 aliphatic carbocycles. The molecule has 1 aliphatic rings. The van der Waals surface area contributed by atoms with E-state index >= 15 is 0 Å². The second-order valence-corrected chi connectivity index (χ2v) is 8.45. The van der Waals surface area contributed by atoms with Gasteiger partial charge in [-0.25, -0.2) is 0 Å². The average molecular weight is 432 g/mol. The van der Waals surface area contributed by atoms with Gasteiger partial charge in [0, 0.05) is 43.3 Å². The maximum atomic E-state index is 13.4. The van der Waals surface area contributed by atoms with Gasteiger partial charge in [-0.3, -0.25) is 19.7 Å². The van der Waals surface area contributed by atoms with Crippen LogP contribution >= 0.6 is 0 Å². The Morgan fingerprint density at radius 3 is 2.75 bits per heavy atom. The summed E-state index contributed by atoms with van der Waals surface area (Å²) < 4.78 is 0. The van der Waals surface area contributed by atoms with Crippen LogP contribution in [0.3, 0.4) is 0 Å². The molecule has 3 aromatic rings. The average Bonchev–Trinajstić information content (AvgIpc) is 3.25. The summed E-state index contributed by atoms with van der Waals surface area (Å²) >= 11 is 0. The number of nitrogens with one attached hydrogen (secondary N) is 2. The molecule has 1 fully saturated rings. The Morgan fingerprint density at radius 1 is 1.19 bits per heavy atom. The Morgan fingerprint density at radius 2 is 2.03 bits per heavy atom. The fourth-order valence-electron chi connectivity index (χ4n) is 4.64. The van der Waals surface area contributed by atoms with E-state index in [-0.39, 0.29) is 11.8 Å². The number of hydrogen-bond donors (Lipinski definition) is 2. The molecule has 7 heteroatoms. The molecular formula is C25H29N5O2. The summed E-state index contributed by atoms with van der Waals surface area (Å²) in [5.41, 5.74) is 3.78. The maximum absolute atomic E-state index is 13.4. The Kier molecular flexibility index (Phi) is 6.35. The highest BCUT2D eigenvalue weighted by atomic mass is 16.2. The lowest BCUT2D eigenvalue weighted by atomic mass is 9.73. The lowest BCUT2D eigenvalue weighted by Gasteiger charge is -2.42. The molecule has 7 nitrogen and oxygen atoms in total. The van der Waals surface area contributed by atoms with Crippen molar-refractivity contribution in [2.75, 3.05) is 19.6 Å². The lowest BCUT2D eigenvalue weighted by molar-refractivity contribution is -0.133. The molecule has 0 unspecified atom stereocenters. The molecule has 166 valence electrons. The van der Waals surface area contributed by atoms with Crippen LogP contribution in [0.2, 0.25) is 0 Å². The fourth-order valence-corrected chi connectivity index (χ4v) is 4.64. The quantitative estimate of drug-likeness (QED) is 0.626. The Bertz CT molecular complexity index is 1090. The normalized spacial score (nSPS) is 18.4. The highest BCUT2D eigenvalue weighted by molar-refractivity contribution is 5.96. The first-order valence-corrected chi connectivity index (χ1v) is 11.1. The van der Waals surface area contributed by atoms with E-state index in [0.717, 1.165) is 35.2 Å². The number of aryl methyl sites for hydroxylation is 1. The first kappa shape index (κ1) is 21.7. The van der Waals surface area contributed by atoms with Crippen molar-refractivity contribution in [1.29, 1.82) is 0 Å². The summed E-state index contributed by atoms with van der Waals surface area (Å²) in [7, 11) is 0. The summed E-state index contributed by atoms with van der Waals surface area (Å²) in [6.07, 6.45) is 7.22. The van der Waals surface area contributed by atoms with Gasteiger partial charge in [0.15, 0.2) is 0 Å². The summed E-state index contributed by atoms with van der Waals surface area (Å²) in [5.74, 6) is -0.0763. The van der Waals surface area contributed by atoms with Gasteiger partial charge in [0.05, 0.1) is 17.2 Å². The van der Waals surface area contributed by atoms with Crippen LogP contribution in [-0.4, -0.2) is 51.5 Å². The Hall–Kier alpha value is -3.48. The molecule has 32 heavy (non-hydrogen) atoms. The minimum absolute atomic E-state index is 0.00223. The zero-order chi connectivity index (χ0) is 22.6. The first-order valence-electron chi connectivity index (χ1n) is 11.1. The van der Waals surface area contributed by atoms with E-state index in [9.17, 15) is 9.59 Å². The zero-order valence-electron chi connectivity index (χ0n) is 18.6. The summed E-state index contributed by atoms with van der Waals surface area (Å²) in [4.78, 5) is 32.7. The molecule has 0 bridgehead atoms. The van der Waals surface area contributed by atoms with Crippen LogP contribution in [0.1, 0.15) is 41.4 Å². The number of pyridine rings is 1. The number of likely N-dealkylation sites (tertiary alicyclic amines) is 1. The van der Waals surface area contributed by atoms with Crippen LogP contribution in [0.4, 0.5) is 0 Å². The van der Waals surface area contributed by atoms with Gasteiger partial charge in [-0.2, -0.15) is 5.10 Å². The molecule has 2 aromatic heterocycles. The maximum Gasteiger partial charge on any atom is 0.257 e. The predicted molar refractivity (Wildman–Crippen MR) is 123 cm³/mol. The summed E-state index contributed by atoms with van der Waals surface area (Å²) in [5, 5.41) is 9.86. The van der Waals surface area contributed by atoms with Crippen molar-refractivity contribution in [3.8, 4) is 11.1 Å². The van der Waals surface area contributed by atoms with Gasteiger partial charge in [-0.15, -0.1) is 0 Å². The third kappa shape index (κ3) is 4.28. The SMILES string of the molecule is CCNC(=O)[C@]1(Cc2ccccc2-c2cccnc2)CCCN(C(=O)c2cn[nH]c2C)C1. The van der Waals surface area contributed by atoms with E-state index < -0.39 is 5.41 Å². The van der Waals surface area contributed by atoms with Gasteiger partial charge in [0.1, 0.15) is 0 Å². The summed E-state index contributed by atoms with van der Waals surface area (Å²) in [6, 6.07) is 12.1. The largest absolute Gasteiger partial charge is 0.356 e. The van der Waals surface area contributed by atoms with Crippen LogP contribution in [0, 0.1) is 12.3 Å². The van der Waals surface area contributed by atoms with Crippen molar-refractivity contribution in [3.63, 3.8) is 0 Å². The van der Waals surface area contributed by atoms with Crippen LogP contribution in [0.25, 0.3) is 11.1 Å². The number of aromatic amines is 1. The number of amides is 2. The molecule has 1 saturated heterocycles. The third-order valence-corrected chi connectivity index (χ3v) is 6.26. The minimum Gasteiger partial charge on any atom is -0.356 e. The predicted octanol–water partition coefficient (Wildman–Crippen LogP) is 3.38. The van der Waals surface area contributed by atoms with Crippen LogP contribution < -0.4 is 5.32 Å². The topological polar surface area (TPSA) is 91.0 Å². The molecule has 4 rings (SSSR count). The Labute approximate surface area is 188 Å². The van der Waals surface area contributed by atoms with Gasteiger partial charge in [0.2, 0.25) is 5.91 Å². The second-order valence-electron chi connectivity index (χ2n) is 8.45. The van der Waals surface area contributed by atoms with E-state index in [1.165, 1.54) is 0 Å². The zero-order valence-corrected chi connectivity index (χ0v) is 18.6. The number of carbonyl (C=O) groups is 2. The van der Waals surface area contributed by atoms with Crippen molar-refractivity contribution in [2.24, 2.45) is 5.41 Å². The molecule has 0 spiro atoms. The first-order chi connectivity index (χ1) is 15.5. The smallest absolute Gasteiger partial charge is 0.257 e. The van der Waals surface area contributed by atoms with Crippen LogP contribution in [-0.2, 0) is 11.2 Å². The standard InChI is InChI=1S/C25H29N5O2/c1-3-27-24(32)25(11-7-13-30(17-25)23(31)22-16-28-29-18(22)2)14-19-8-4-5-10-21(19)20-9-6-12-26-15-20/h4-6,8-10,12,15-16H,3,7,11,13-14,17H2,1-2H3,(H,27,32)(H,28,29)/t25-/m0/s1. The Balaban J connectivity index is 1.69. The van der Waals surface area contributed by atoms with E-state index in [2.05, 4.69) is 32.6 Å². The lowest BCUT2D eigenvalue weighted by Crippen LogP contribution is -2.54. The molecule has 1 atom stereocenters. The molecule has 0 radical (unpaired) electrons. The van der Waals surface area contributed by atoms with E-state index in [1.807, 2.05) is 49.2 Å². The van der Waals surface area contributed by atoms with E-state index in [1.54, 1.807) is 12.4 Å². The molecule has 1 aliphatic heterocycles. The van der Waals surface area contributed by atoms with Gasteiger partial charge < -0.3 is 10.2 Å². The molecule has 2 amide bonds. The second kappa shape index (κ2) is 9.34. The van der Waals surface area contributed by atoms with Crippen molar-refractivity contribution in [3.05, 3.63) is 71.8 Å².